The maximum absolute atomic E-state index is 11.2. The van der Waals surface area contributed by atoms with Crippen LogP contribution in [0.25, 0.3) is 0 Å². The molecule has 19 heavy (non-hydrogen) atoms. The van der Waals surface area contributed by atoms with E-state index in [1.54, 1.807) is 13.0 Å². The van der Waals surface area contributed by atoms with Crippen LogP contribution in [-0.4, -0.2) is 12.2 Å². The number of rotatable bonds is 3. The average molecular weight is 268 g/mol. The number of hydrazine groups is 2. The van der Waals surface area contributed by atoms with Crippen LogP contribution in [0.3, 0.4) is 0 Å². The van der Waals surface area contributed by atoms with Crippen molar-refractivity contribution in [2.45, 2.75) is 20.5 Å². The number of carbonyl (C=O) groups is 2. The predicted molar refractivity (Wildman–Crippen MR) is 66.8 cm³/mol. The molecule has 8 nitrogen and oxygen atoms in total. The lowest BCUT2D eigenvalue weighted by atomic mass is 10.1. The van der Waals surface area contributed by atoms with Crippen molar-refractivity contribution in [2.24, 2.45) is 11.7 Å². The van der Waals surface area contributed by atoms with Crippen LogP contribution in [-0.2, 0) is 11.3 Å². The van der Waals surface area contributed by atoms with Crippen molar-refractivity contribution in [1.82, 2.24) is 10.9 Å². The van der Waals surface area contributed by atoms with Crippen LogP contribution in [0.4, 0.5) is 9.59 Å². The first kappa shape index (κ1) is 14.7. The molecule has 0 radical (unpaired) electrons. The van der Waals surface area contributed by atoms with Gasteiger partial charge in [-0.25, -0.2) is 21.3 Å². The molecule has 1 aromatic carbocycles. The standard InChI is InChI=1S/C11H16N4O4/c1-6-3-7(2)9(19-11(17)15-13)8(4-6)5-18-10(16)14-12/h3-4H,5,12-13H2,1-2H3,(H,14,16)(H,15,17). The van der Waals surface area contributed by atoms with Gasteiger partial charge in [-0.15, -0.1) is 0 Å². The van der Waals surface area contributed by atoms with E-state index in [-0.39, 0.29) is 6.61 Å². The van der Waals surface area contributed by atoms with E-state index in [0.717, 1.165) is 11.1 Å². The minimum atomic E-state index is -0.809. The summed E-state index contributed by atoms with van der Waals surface area (Å²) in [5.74, 6) is 10.1. The number of hydrogen-bond donors (Lipinski definition) is 4. The lowest BCUT2D eigenvalue weighted by Gasteiger charge is -2.13. The molecule has 0 spiro atoms. The fourth-order valence-electron chi connectivity index (χ4n) is 1.60. The molecule has 6 N–H and O–H groups in total. The highest BCUT2D eigenvalue weighted by molar-refractivity contribution is 5.71. The van der Waals surface area contributed by atoms with E-state index in [4.69, 9.17) is 21.2 Å². The molecular weight excluding hydrogens is 252 g/mol. The Kier molecular flexibility index (Phi) is 5.10. The van der Waals surface area contributed by atoms with E-state index in [1.165, 1.54) is 0 Å². The number of carbonyl (C=O) groups excluding carboxylic acids is 2. The van der Waals surface area contributed by atoms with E-state index in [9.17, 15) is 9.59 Å². The summed E-state index contributed by atoms with van der Waals surface area (Å²) in [6.07, 6.45) is -1.59. The Morgan fingerprint density at radius 3 is 2.37 bits per heavy atom. The molecular formula is C11H16N4O4. The lowest BCUT2D eigenvalue weighted by molar-refractivity contribution is 0.138. The summed E-state index contributed by atoms with van der Waals surface area (Å²) in [6, 6.07) is 3.56. The maximum atomic E-state index is 11.2. The Morgan fingerprint density at radius 2 is 1.79 bits per heavy atom. The second kappa shape index (κ2) is 6.57. The molecule has 0 bridgehead atoms. The number of ether oxygens (including phenoxy) is 2. The van der Waals surface area contributed by atoms with Crippen molar-refractivity contribution < 1.29 is 19.1 Å². The summed E-state index contributed by atoms with van der Waals surface area (Å²) in [4.78, 5) is 22.1. The third kappa shape index (κ3) is 4.12. The van der Waals surface area contributed by atoms with Crippen LogP contribution in [0, 0.1) is 13.8 Å². The molecule has 0 aromatic heterocycles. The van der Waals surface area contributed by atoms with Crippen molar-refractivity contribution in [2.75, 3.05) is 0 Å². The number of aryl methyl sites for hydroxylation is 2. The van der Waals surface area contributed by atoms with Gasteiger partial charge >= 0.3 is 12.2 Å². The zero-order chi connectivity index (χ0) is 14.4. The van der Waals surface area contributed by atoms with E-state index >= 15 is 0 Å². The molecule has 0 saturated heterocycles. The normalized spacial score (nSPS) is 9.68. The highest BCUT2D eigenvalue weighted by Gasteiger charge is 2.13. The van der Waals surface area contributed by atoms with Gasteiger partial charge in [0.1, 0.15) is 12.4 Å². The maximum Gasteiger partial charge on any atom is 0.426 e. The lowest BCUT2D eigenvalue weighted by Crippen LogP contribution is -2.33. The predicted octanol–water partition coefficient (Wildman–Crippen LogP) is 0.365. The number of amides is 2. The summed E-state index contributed by atoms with van der Waals surface area (Å²) < 4.78 is 9.85. The van der Waals surface area contributed by atoms with E-state index in [0.29, 0.717) is 11.3 Å². The SMILES string of the molecule is Cc1cc(C)c(OC(=O)NN)c(COC(=O)NN)c1. The molecule has 0 aliphatic carbocycles. The summed E-state index contributed by atoms with van der Waals surface area (Å²) in [6.45, 7) is 3.55. The Balaban J connectivity index is 2.99. The topological polar surface area (TPSA) is 129 Å². The van der Waals surface area contributed by atoms with Crippen molar-refractivity contribution in [3.05, 3.63) is 28.8 Å². The molecule has 0 fully saturated rings. The highest BCUT2D eigenvalue weighted by Crippen LogP contribution is 2.26. The van der Waals surface area contributed by atoms with Gasteiger partial charge < -0.3 is 9.47 Å². The molecule has 104 valence electrons. The van der Waals surface area contributed by atoms with Crippen LogP contribution in [0.15, 0.2) is 12.1 Å². The van der Waals surface area contributed by atoms with Gasteiger partial charge in [0, 0.05) is 5.56 Å². The van der Waals surface area contributed by atoms with Gasteiger partial charge in [-0.1, -0.05) is 11.6 Å². The number of nitrogens with one attached hydrogen (secondary N) is 2. The van der Waals surface area contributed by atoms with Crippen molar-refractivity contribution in [3.63, 3.8) is 0 Å². The minimum absolute atomic E-state index is 0.0846. The van der Waals surface area contributed by atoms with Gasteiger partial charge in [-0.2, -0.15) is 0 Å². The van der Waals surface area contributed by atoms with Crippen molar-refractivity contribution in [1.29, 1.82) is 0 Å². The molecule has 0 aliphatic heterocycles. The first-order valence-electron chi connectivity index (χ1n) is 5.39. The van der Waals surface area contributed by atoms with Crippen LogP contribution >= 0.6 is 0 Å². The minimum Gasteiger partial charge on any atom is -0.444 e. The summed E-state index contributed by atoms with van der Waals surface area (Å²) in [7, 11) is 0. The van der Waals surface area contributed by atoms with Gasteiger partial charge in [-0.05, 0) is 25.5 Å². The largest absolute Gasteiger partial charge is 0.444 e. The second-order valence-corrected chi connectivity index (χ2v) is 3.82. The van der Waals surface area contributed by atoms with Gasteiger partial charge in [0.2, 0.25) is 0 Å². The molecule has 2 amide bonds. The third-order valence-electron chi connectivity index (χ3n) is 2.29. The van der Waals surface area contributed by atoms with Crippen LogP contribution in [0.5, 0.6) is 5.75 Å². The van der Waals surface area contributed by atoms with Gasteiger partial charge in [-0.3, -0.25) is 10.9 Å². The van der Waals surface area contributed by atoms with E-state index < -0.39 is 12.2 Å². The Labute approximate surface area is 110 Å². The zero-order valence-electron chi connectivity index (χ0n) is 10.6. The van der Waals surface area contributed by atoms with Gasteiger partial charge in [0.25, 0.3) is 0 Å². The Bertz CT molecular complexity index is 490. The summed E-state index contributed by atoms with van der Waals surface area (Å²) >= 11 is 0. The zero-order valence-corrected chi connectivity index (χ0v) is 10.6. The smallest absolute Gasteiger partial charge is 0.426 e. The molecule has 0 atom stereocenters. The van der Waals surface area contributed by atoms with E-state index in [2.05, 4.69) is 0 Å². The van der Waals surface area contributed by atoms with Crippen molar-refractivity contribution >= 4 is 12.2 Å². The average Bonchev–Trinajstić information content (AvgIpc) is 2.38. The molecule has 0 unspecified atom stereocenters. The number of nitrogens with two attached hydrogens (primary N) is 2. The fraction of sp³-hybridized carbons (Fsp3) is 0.273. The first-order valence-corrected chi connectivity index (χ1v) is 5.39. The fourth-order valence-corrected chi connectivity index (χ4v) is 1.60. The van der Waals surface area contributed by atoms with Crippen molar-refractivity contribution in [3.8, 4) is 5.75 Å². The molecule has 1 aromatic rings. The van der Waals surface area contributed by atoms with Gasteiger partial charge in [0.15, 0.2) is 0 Å². The van der Waals surface area contributed by atoms with Crippen LogP contribution in [0.2, 0.25) is 0 Å². The van der Waals surface area contributed by atoms with E-state index in [1.807, 2.05) is 23.8 Å². The quantitative estimate of drug-likeness (QED) is 0.356. The Morgan fingerprint density at radius 1 is 1.16 bits per heavy atom. The summed E-state index contributed by atoms with van der Waals surface area (Å²) in [5, 5.41) is 0. The number of benzene rings is 1. The molecule has 0 saturated carbocycles. The summed E-state index contributed by atoms with van der Waals surface area (Å²) in [5.41, 5.74) is 5.88. The van der Waals surface area contributed by atoms with Crippen LogP contribution < -0.4 is 27.3 Å². The second-order valence-electron chi connectivity index (χ2n) is 3.82. The molecule has 1 rings (SSSR count). The first-order chi connectivity index (χ1) is 8.97. The Hall–Kier alpha value is -2.32. The molecule has 0 heterocycles. The molecule has 8 heteroatoms. The van der Waals surface area contributed by atoms with Gasteiger partial charge in [0.05, 0.1) is 0 Å². The highest BCUT2D eigenvalue weighted by atomic mass is 16.6. The van der Waals surface area contributed by atoms with Crippen LogP contribution in [0.1, 0.15) is 16.7 Å². The number of hydrogen-bond acceptors (Lipinski definition) is 6. The molecule has 0 aliphatic rings. The third-order valence-corrected chi connectivity index (χ3v) is 2.29. The monoisotopic (exact) mass is 268 g/mol.